The summed E-state index contributed by atoms with van der Waals surface area (Å²) >= 11 is 2.15. The number of esters is 2. The maximum atomic E-state index is 12.0. The van der Waals surface area contributed by atoms with Crippen LogP contribution in [-0.4, -0.2) is 89.5 Å². The zero-order valence-corrected chi connectivity index (χ0v) is 27.8. The van der Waals surface area contributed by atoms with Gasteiger partial charge in [-0.15, -0.1) is 0 Å². The van der Waals surface area contributed by atoms with E-state index in [2.05, 4.69) is 22.6 Å². The number of nitrogens with zero attached hydrogens (tertiary/aromatic N) is 2. The largest absolute Gasteiger partial charge is 0.466 e. The van der Waals surface area contributed by atoms with Crippen LogP contribution in [0.1, 0.15) is 88.0 Å². The topological polar surface area (TPSA) is 112 Å². The molecule has 10 nitrogen and oxygen atoms in total. The number of hydrogen-bond donors (Lipinski definition) is 0. The second kappa shape index (κ2) is 17.1. The first-order valence-electron chi connectivity index (χ1n) is 13.7. The van der Waals surface area contributed by atoms with E-state index in [1.54, 1.807) is 23.6 Å². The Morgan fingerprint density at radius 1 is 0.821 bits per heavy atom. The third kappa shape index (κ3) is 14.4. The van der Waals surface area contributed by atoms with Crippen molar-refractivity contribution in [3.05, 3.63) is 0 Å². The Balaban J connectivity index is 0.000000697. The molecule has 2 unspecified atom stereocenters. The molecule has 0 aromatic carbocycles. The summed E-state index contributed by atoms with van der Waals surface area (Å²) in [5.74, 6) is -0.666. The summed E-state index contributed by atoms with van der Waals surface area (Å²) in [6.45, 7) is 19.2. The van der Waals surface area contributed by atoms with Crippen molar-refractivity contribution in [2.75, 3.05) is 44.3 Å². The van der Waals surface area contributed by atoms with Crippen molar-refractivity contribution in [1.29, 1.82) is 0 Å². The fourth-order valence-corrected chi connectivity index (χ4v) is 4.12. The van der Waals surface area contributed by atoms with Crippen LogP contribution in [0.2, 0.25) is 0 Å². The summed E-state index contributed by atoms with van der Waals surface area (Å²) in [5, 5.41) is 0. The second-order valence-corrected chi connectivity index (χ2v) is 11.8. The zero-order valence-electron chi connectivity index (χ0n) is 25.7. The molecule has 0 spiro atoms. The first-order chi connectivity index (χ1) is 18.0. The predicted molar refractivity (Wildman–Crippen MR) is 159 cm³/mol. The molecule has 39 heavy (non-hydrogen) atoms. The van der Waals surface area contributed by atoms with Crippen molar-refractivity contribution in [3.63, 3.8) is 0 Å². The molecule has 2 saturated heterocycles. The van der Waals surface area contributed by atoms with Crippen LogP contribution in [0.15, 0.2) is 0 Å². The zero-order chi connectivity index (χ0) is 30.4. The van der Waals surface area contributed by atoms with Crippen molar-refractivity contribution in [2.45, 2.75) is 99.2 Å². The highest BCUT2D eigenvalue weighted by molar-refractivity contribution is 14.1. The molecule has 2 aliphatic heterocycles. The van der Waals surface area contributed by atoms with Gasteiger partial charge in [-0.1, -0.05) is 22.6 Å². The lowest BCUT2D eigenvalue weighted by molar-refractivity contribution is -0.157. The van der Waals surface area contributed by atoms with Crippen molar-refractivity contribution in [3.8, 4) is 0 Å². The summed E-state index contributed by atoms with van der Waals surface area (Å²) in [4.78, 5) is 52.7. The van der Waals surface area contributed by atoms with Crippen molar-refractivity contribution >= 4 is 46.7 Å². The Hall–Kier alpha value is -1.79. The Bertz CT molecular complexity index is 793. The van der Waals surface area contributed by atoms with Crippen LogP contribution in [-0.2, 0) is 28.5 Å². The summed E-state index contributed by atoms with van der Waals surface area (Å²) in [6.07, 6.45) is 2.40. The number of rotatable bonds is 4. The van der Waals surface area contributed by atoms with Gasteiger partial charge in [0.05, 0.1) is 24.5 Å². The number of piperidine rings is 2. The first-order valence-corrected chi connectivity index (χ1v) is 15.8. The molecular formula is C28H51IN2O8. The van der Waals surface area contributed by atoms with Gasteiger partial charge in [0.1, 0.15) is 11.2 Å². The van der Waals surface area contributed by atoms with Crippen LogP contribution in [0.3, 0.4) is 0 Å². The van der Waals surface area contributed by atoms with E-state index in [1.165, 1.54) is 0 Å². The average molecular weight is 671 g/mol. The number of ether oxygens (including phenoxy) is 4. The number of hydrogen-bond acceptors (Lipinski definition) is 8. The fraction of sp³-hybridized carbons (Fsp3) is 0.857. The molecule has 228 valence electrons. The lowest BCUT2D eigenvalue weighted by Gasteiger charge is -2.38. The molecule has 0 aromatic rings. The Morgan fingerprint density at radius 2 is 1.31 bits per heavy atom. The number of halogens is 1. The van der Waals surface area contributed by atoms with Crippen LogP contribution >= 0.6 is 22.6 Å². The molecule has 2 atom stereocenters. The number of amides is 2. The molecule has 2 aliphatic rings. The molecule has 0 radical (unpaired) electrons. The summed E-state index contributed by atoms with van der Waals surface area (Å²) < 4.78 is 20.7. The number of carbonyl (C=O) groups excluding carboxylic acids is 4. The normalized spacial score (nSPS) is 21.3. The van der Waals surface area contributed by atoms with Gasteiger partial charge in [0.15, 0.2) is 0 Å². The van der Waals surface area contributed by atoms with E-state index in [-0.39, 0.29) is 30.0 Å². The van der Waals surface area contributed by atoms with Crippen molar-refractivity contribution in [1.82, 2.24) is 9.80 Å². The molecule has 0 aromatic heterocycles. The van der Waals surface area contributed by atoms with Gasteiger partial charge in [-0.25, -0.2) is 9.59 Å². The predicted octanol–water partition coefficient (Wildman–Crippen LogP) is 5.83. The van der Waals surface area contributed by atoms with Crippen LogP contribution in [0.25, 0.3) is 0 Å². The lowest BCUT2D eigenvalue weighted by Crippen LogP contribution is -2.50. The fourth-order valence-electron chi connectivity index (χ4n) is 4.12. The van der Waals surface area contributed by atoms with Gasteiger partial charge in [0.2, 0.25) is 0 Å². The van der Waals surface area contributed by atoms with Gasteiger partial charge >= 0.3 is 24.1 Å². The average Bonchev–Trinajstić information content (AvgIpc) is 2.84. The first kappa shape index (κ1) is 37.2. The van der Waals surface area contributed by atoms with Crippen LogP contribution in [0, 0.1) is 11.3 Å². The van der Waals surface area contributed by atoms with Gasteiger partial charge in [-0.2, -0.15) is 0 Å². The van der Waals surface area contributed by atoms with Crippen molar-refractivity contribution in [2.24, 2.45) is 11.3 Å². The second-order valence-electron chi connectivity index (χ2n) is 11.8. The Kier molecular flexibility index (Phi) is 16.3. The molecule has 0 N–H and O–H groups in total. The molecule has 11 heteroatoms. The summed E-state index contributed by atoms with van der Waals surface area (Å²) in [6, 6.07) is 0. The molecule has 2 fully saturated rings. The van der Waals surface area contributed by atoms with E-state index in [0.29, 0.717) is 39.4 Å². The SMILES string of the molecule is CCOC(=O)C1(C)CCCN(C(=O)OC(C)(C)C)C1.CCOC(=O)C1CCCN(C(=O)OC(C)(C)C)C1.CI. The van der Waals surface area contributed by atoms with E-state index in [1.807, 2.05) is 53.4 Å². The molecule has 2 heterocycles. The lowest BCUT2D eigenvalue weighted by atomic mass is 9.82. The van der Waals surface area contributed by atoms with Crippen LogP contribution in [0.4, 0.5) is 9.59 Å². The van der Waals surface area contributed by atoms with E-state index in [0.717, 1.165) is 25.7 Å². The molecule has 0 aliphatic carbocycles. The highest BCUT2D eigenvalue weighted by Crippen LogP contribution is 2.31. The standard InChI is InChI=1S/C14H25NO4.C13H23NO4.CH3I/c1-6-18-11(16)14(5)8-7-9-15(10-14)12(17)19-13(2,3)4;1-5-17-11(15)10-7-6-8-14(9-10)12(16)18-13(2,3)4;1-2/h6-10H2,1-5H3;10H,5-9H2,1-4H3;1H3. The molecular weight excluding hydrogens is 619 g/mol. The molecule has 2 amide bonds. The van der Waals surface area contributed by atoms with Crippen LogP contribution < -0.4 is 0 Å². The van der Waals surface area contributed by atoms with E-state index in [4.69, 9.17) is 18.9 Å². The third-order valence-electron chi connectivity index (χ3n) is 5.81. The quantitative estimate of drug-likeness (QED) is 0.159. The van der Waals surface area contributed by atoms with E-state index in [9.17, 15) is 19.2 Å². The van der Waals surface area contributed by atoms with Gasteiger partial charge in [0.25, 0.3) is 0 Å². The monoisotopic (exact) mass is 670 g/mol. The Morgan fingerprint density at radius 3 is 1.79 bits per heavy atom. The number of carbonyl (C=O) groups is 4. The smallest absolute Gasteiger partial charge is 0.410 e. The van der Waals surface area contributed by atoms with Crippen LogP contribution in [0.5, 0.6) is 0 Å². The molecule has 0 bridgehead atoms. The molecule has 0 saturated carbocycles. The van der Waals surface area contributed by atoms with Gasteiger partial charge in [-0.3, -0.25) is 9.59 Å². The highest BCUT2D eigenvalue weighted by atomic mass is 127. The maximum absolute atomic E-state index is 12.0. The summed E-state index contributed by atoms with van der Waals surface area (Å²) in [5.41, 5.74) is -1.64. The third-order valence-corrected chi connectivity index (χ3v) is 5.81. The van der Waals surface area contributed by atoms with Gasteiger partial charge in [0, 0.05) is 26.2 Å². The summed E-state index contributed by atoms with van der Waals surface area (Å²) in [7, 11) is 0. The minimum atomic E-state index is -0.620. The van der Waals surface area contributed by atoms with Crippen molar-refractivity contribution < 1.29 is 38.1 Å². The van der Waals surface area contributed by atoms with Gasteiger partial charge < -0.3 is 28.7 Å². The number of likely N-dealkylation sites (tertiary alicyclic amines) is 2. The minimum Gasteiger partial charge on any atom is -0.466 e. The van der Waals surface area contributed by atoms with Gasteiger partial charge in [-0.05, 0) is 92.9 Å². The maximum Gasteiger partial charge on any atom is 0.410 e. The number of alkyl halides is 1. The minimum absolute atomic E-state index is 0.216. The van der Waals surface area contributed by atoms with E-state index < -0.39 is 16.6 Å². The van der Waals surface area contributed by atoms with E-state index >= 15 is 0 Å². The highest BCUT2D eigenvalue weighted by Gasteiger charge is 2.41. The molecule has 2 rings (SSSR count). The Labute approximate surface area is 248 Å².